The predicted molar refractivity (Wildman–Crippen MR) is 77.9 cm³/mol. The second-order valence-electron chi connectivity index (χ2n) is 5.25. The summed E-state index contributed by atoms with van der Waals surface area (Å²) >= 11 is 0. The topological polar surface area (TPSA) is 62.6 Å². The number of hydrogen-bond donors (Lipinski definition) is 1. The zero-order valence-corrected chi connectivity index (χ0v) is 13.1. The second kappa shape index (κ2) is 6.74. The Labute approximate surface area is 121 Å². The van der Waals surface area contributed by atoms with Crippen molar-refractivity contribution in [3.05, 3.63) is 17.9 Å². The minimum absolute atomic E-state index is 0.0650. The Morgan fingerprint density at radius 2 is 2.00 bits per heavy atom. The lowest BCUT2D eigenvalue weighted by molar-refractivity contribution is 0.254. The molecule has 1 saturated carbocycles. The Morgan fingerprint density at radius 3 is 2.60 bits per heavy atom. The van der Waals surface area contributed by atoms with Crippen LogP contribution in [0.5, 0.6) is 0 Å². The number of sulfonamides is 1. The van der Waals surface area contributed by atoms with Gasteiger partial charge in [-0.3, -0.25) is 0 Å². The van der Waals surface area contributed by atoms with Gasteiger partial charge in [0.2, 0.25) is 5.09 Å². The molecular weight excluding hydrogens is 276 g/mol. The van der Waals surface area contributed by atoms with Crippen molar-refractivity contribution in [2.75, 3.05) is 13.6 Å². The Morgan fingerprint density at radius 1 is 1.30 bits per heavy atom. The molecule has 5 nitrogen and oxygen atoms in total. The van der Waals surface area contributed by atoms with Gasteiger partial charge in [-0.15, -0.1) is 0 Å². The van der Waals surface area contributed by atoms with Crippen LogP contribution in [-0.4, -0.2) is 32.4 Å². The third-order valence-corrected chi connectivity index (χ3v) is 5.75. The van der Waals surface area contributed by atoms with Crippen molar-refractivity contribution in [3.63, 3.8) is 0 Å². The van der Waals surface area contributed by atoms with Gasteiger partial charge in [0, 0.05) is 12.6 Å². The van der Waals surface area contributed by atoms with Gasteiger partial charge in [0.05, 0.1) is 6.54 Å². The highest BCUT2D eigenvalue weighted by atomic mass is 32.2. The fraction of sp³-hybridized carbons (Fsp3) is 0.714. The number of furan rings is 1. The van der Waals surface area contributed by atoms with Crippen LogP contribution in [0.1, 0.15) is 44.8 Å². The maximum Gasteiger partial charge on any atom is 0.276 e. The average Bonchev–Trinajstić information content (AvgIpc) is 2.90. The quantitative estimate of drug-likeness (QED) is 0.876. The van der Waals surface area contributed by atoms with E-state index in [9.17, 15) is 8.42 Å². The average molecular weight is 300 g/mol. The monoisotopic (exact) mass is 300 g/mol. The highest BCUT2D eigenvalue weighted by Crippen LogP contribution is 2.28. The molecule has 1 heterocycles. The van der Waals surface area contributed by atoms with Crippen molar-refractivity contribution >= 4 is 10.0 Å². The summed E-state index contributed by atoms with van der Waals surface area (Å²) in [6, 6.07) is 3.41. The summed E-state index contributed by atoms with van der Waals surface area (Å²) in [5.74, 6) is 0.644. The first-order valence-electron chi connectivity index (χ1n) is 7.34. The van der Waals surface area contributed by atoms with Gasteiger partial charge in [-0.1, -0.05) is 26.2 Å². The predicted octanol–water partition coefficient (Wildman–Crippen LogP) is 2.34. The molecule has 1 aromatic heterocycles. The summed E-state index contributed by atoms with van der Waals surface area (Å²) in [6.45, 7) is 2.92. The summed E-state index contributed by atoms with van der Waals surface area (Å²) in [5.41, 5.74) is 0. The van der Waals surface area contributed by atoms with Crippen LogP contribution in [0.4, 0.5) is 0 Å². The lowest BCUT2D eigenvalue weighted by Gasteiger charge is -2.31. The first-order valence-corrected chi connectivity index (χ1v) is 8.78. The van der Waals surface area contributed by atoms with E-state index in [0.29, 0.717) is 18.8 Å². The molecule has 0 amide bonds. The van der Waals surface area contributed by atoms with Crippen LogP contribution in [0, 0.1) is 0 Å². The number of nitrogens with zero attached hydrogens (tertiary/aromatic N) is 1. The minimum atomic E-state index is -3.51. The molecule has 0 atom stereocenters. The largest absolute Gasteiger partial charge is 0.447 e. The van der Waals surface area contributed by atoms with Crippen molar-refractivity contribution in [2.24, 2.45) is 0 Å². The molecule has 0 spiro atoms. The smallest absolute Gasteiger partial charge is 0.276 e. The van der Waals surface area contributed by atoms with E-state index in [1.165, 1.54) is 6.42 Å². The summed E-state index contributed by atoms with van der Waals surface area (Å²) in [6.07, 6.45) is 5.34. The van der Waals surface area contributed by atoms with E-state index in [1.54, 1.807) is 23.5 Å². The molecule has 0 bridgehead atoms. The van der Waals surface area contributed by atoms with Crippen molar-refractivity contribution < 1.29 is 12.8 Å². The summed E-state index contributed by atoms with van der Waals surface area (Å²) < 4.78 is 32.5. The maximum atomic E-state index is 12.7. The molecule has 0 saturated heterocycles. The van der Waals surface area contributed by atoms with E-state index in [-0.39, 0.29) is 11.1 Å². The van der Waals surface area contributed by atoms with E-state index in [1.807, 2.05) is 6.92 Å². The highest BCUT2D eigenvalue weighted by molar-refractivity contribution is 7.89. The van der Waals surface area contributed by atoms with E-state index >= 15 is 0 Å². The van der Waals surface area contributed by atoms with Crippen LogP contribution in [0.15, 0.2) is 21.6 Å². The lowest BCUT2D eigenvalue weighted by atomic mass is 9.95. The number of hydrogen-bond acceptors (Lipinski definition) is 4. The molecule has 0 unspecified atom stereocenters. The molecule has 1 aromatic rings. The van der Waals surface area contributed by atoms with Gasteiger partial charge in [-0.25, -0.2) is 8.42 Å². The third-order valence-electron chi connectivity index (χ3n) is 3.84. The molecule has 1 aliphatic rings. The van der Waals surface area contributed by atoms with Gasteiger partial charge in [0.25, 0.3) is 10.0 Å². The van der Waals surface area contributed by atoms with Gasteiger partial charge in [0.15, 0.2) is 0 Å². The molecule has 1 aliphatic carbocycles. The molecule has 2 rings (SSSR count). The van der Waals surface area contributed by atoms with E-state index in [2.05, 4.69) is 5.32 Å². The first-order chi connectivity index (χ1) is 9.59. The van der Waals surface area contributed by atoms with Crippen molar-refractivity contribution in [1.82, 2.24) is 9.62 Å². The molecule has 6 heteroatoms. The van der Waals surface area contributed by atoms with Gasteiger partial charge in [-0.2, -0.15) is 4.31 Å². The van der Waals surface area contributed by atoms with E-state index < -0.39 is 10.0 Å². The van der Waals surface area contributed by atoms with E-state index in [4.69, 9.17) is 4.42 Å². The van der Waals surface area contributed by atoms with Crippen molar-refractivity contribution in [2.45, 2.75) is 56.7 Å². The molecule has 114 valence electrons. The fourth-order valence-electron chi connectivity index (χ4n) is 2.88. The third kappa shape index (κ3) is 3.24. The molecule has 20 heavy (non-hydrogen) atoms. The van der Waals surface area contributed by atoms with Crippen LogP contribution in [-0.2, 0) is 16.6 Å². The zero-order valence-electron chi connectivity index (χ0n) is 12.3. The first kappa shape index (κ1) is 15.5. The summed E-state index contributed by atoms with van der Waals surface area (Å²) in [7, 11) is -1.71. The molecular formula is C14H24N2O3S. The van der Waals surface area contributed by atoms with Gasteiger partial charge in [-0.05, 0) is 32.0 Å². The Bertz CT molecular complexity index is 518. The van der Waals surface area contributed by atoms with Crippen LogP contribution in [0.3, 0.4) is 0 Å². The van der Waals surface area contributed by atoms with Crippen LogP contribution < -0.4 is 5.32 Å². The minimum Gasteiger partial charge on any atom is -0.447 e. The molecule has 0 aliphatic heterocycles. The Balaban J connectivity index is 2.21. The lowest BCUT2D eigenvalue weighted by Crippen LogP contribution is -2.41. The second-order valence-corrected chi connectivity index (χ2v) is 7.07. The SMILES string of the molecule is CCN(C1CCCCC1)S(=O)(=O)c1ccc(CNC)o1. The van der Waals surface area contributed by atoms with Crippen LogP contribution in [0.25, 0.3) is 0 Å². The molecule has 1 N–H and O–H groups in total. The Kier molecular flexibility index (Phi) is 5.23. The fourth-order valence-corrected chi connectivity index (χ4v) is 4.50. The molecule has 0 aromatic carbocycles. The zero-order chi connectivity index (χ0) is 14.6. The van der Waals surface area contributed by atoms with Crippen molar-refractivity contribution in [3.8, 4) is 0 Å². The highest BCUT2D eigenvalue weighted by Gasteiger charge is 2.33. The molecule has 1 fully saturated rings. The summed E-state index contributed by atoms with van der Waals surface area (Å²) in [5, 5.41) is 3.02. The van der Waals surface area contributed by atoms with Crippen LogP contribution in [0.2, 0.25) is 0 Å². The summed E-state index contributed by atoms with van der Waals surface area (Å²) in [4.78, 5) is 0. The van der Waals surface area contributed by atoms with Gasteiger partial charge < -0.3 is 9.73 Å². The van der Waals surface area contributed by atoms with Crippen molar-refractivity contribution in [1.29, 1.82) is 0 Å². The van der Waals surface area contributed by atoms with Gasteiger partial charge in [0.1, 0.15) is 5.76 Å². The normalized spacial score (nSPS) is 17.8. The van der Waals surface area contributed by atoms with Gasteiger partial charge >= 0.3 is 0 Å². The molecule has 0 radical (unpaired) electrons. The van der Waals surface area contributed by atoms with Crippen LogP contribution >= 0.6 is 0 Å². The van der Waals surface area contributed by atoms with E-state index in [0.717, 1.165) is 25.7 Å². The standard InChI is InChI=1S/C14H24N2O3S/c1-3-16(12-7-5-4-6-8-12)20(17,18)14-10-9-13(19-14)11-15-2/h9-10,12,15H,3-8,11H2,1-2H3. The number of nitrogens with one attached hydrogen (secondary N) is 1. The maximum absolute atomic E-state index is 12.7. The Hall–Kier alpha value is -0.850. The number of rotatable bonds is 6.